The smallest absolute Gasteiger partial charge is 0.309 e. The van der Waals surface area contributed by atoms with Gasteiger partial charge in [0, 0.05) is 6.92 Å². The summed E-state index contributed by atoms with van der Waals surface area (Å²) in [5.74, 6) is -1.20. The van der Waals surface area contributed by atoms with Crippen LogP contribution in [-0.2, 0) is 11.2 Å². The molecule has 2 N–H and O–H groups in total. The van der Waals surface area contributed by atoms with Gasteiger partial charge in [0.1, 0.15) is 5.69 Å². The van der Waals surface area contributed by atoms with Crippen molar-refractivity contribution < 1.29 is 19.4 Å². The van der Waals surface area contributed by atoms with Gasteiger partial charge in [0.05, 0.1) is 6.42 Å². The Kier molecular flexibility index (Phi) is 1.80. The molecule has 0 saturated carbocycles. The van der Waals surface area contributed by atoms with Gasteiger partial charge in [0.15, 0.2) is 5.89 Å². The number of carboxylic acids is 1. The topological polar surface area (TPSA) is 83.6 Å². The number of aromatic hydroxyl groups is 1. The lowest BCUT2D eigenvalue weighted by Gasteiger charge is -1.86. The molecule has 0 bridgehead atoms. The molecule has 0 saturated heterocycles. The van der Waals surface area contributed by atoms with Gasteiger partial charge in [0.2, 0.25) is 0 Å². The van der Waals surface area contributed by atoms with Gasteiger partial charge in [-0.3, -0.25) is 4.79 Å². The van der Waals surface area contributed by atoms with Crippen LogP contribution in [0.15, 0.2) is 4.42 Å². The van der Waals surface area contributed by atoms with E-state index in [2.05, 4.69) is 9.40 Å². The van der Waals surface area contributed by atoms with Crippen molar-refractivity contribution in [1.82, 2.24) is 4.98 Å². The molecule has 5 nitrogen and oxygen atoms in total. The first-order chi connectivity index (χ1) is 5.09. The monoisotopic (exact) mass is 157 g/mol. The minimum atomic E-state index is -1.05. The third kappa shape index (κ3) is 1.70. The Hall–Kier alpha value is -1.52. The first-order valence-electron chi connectivity index (χ1n) is 2.96. The second kappa shape index (κ2) is 2.61. The van der Waals surface area contributed by atoms with E-state index in [-0.39, 0.29) is 18.0 Å². The fraction of sp³-hybridized carbons (Fsp3) is 0.333. The number of nitrogens with zero attached hydrogens (tertiary/aromatic N) is 1. The molecule has 0 aliphatic heterocycles. The predicted molar refractivity (Wildman–Crippen MR) is 34.2 cm³/mol. The summed E-state index contributed by atoms with van der Waals surface area (Å²) >= 11 is 0. The maximum absolute atomic E-state index is 10.1. The van der Waals surface area contributed by atoms with E-state index in [1.165, 1.54) is 6.92 Å². The molecule has 1 aromatic rings. The summed E-state index contributed by atoms with van der Waals surface area (Å²) in [6.45, 7) is 1.53. The van der Waals surface area contributed by atoms with Crippen molar-refractivity contribution in [3.05, 3.63) is 11.6 Å². The van der Waals surface area contributed by atoms with E-state index >= 15 is 0 Å². The Morgan fingerprint density at radius 1 is 1.73 bits per heavy atom. The van der Waals surface area contributed by atoms with Crippen LogP contribution in [-0.4, -0.2) is 21.2 Å². The van der Waals surface area contributed by atoms with Crippen LogP contribution in [0.5, 0.6) is 5.95 Å². The van der Waals surface area contributed by atoms with Gasteiger partial charge in [-0.25, -0.2) is 4.98 Å². The van der Waals surface area contributed by atoms with E-state index < -0.39 is 11.9 Å². The number of rotatable bonds is 2. The third-order valence-corrected chi connectivity index (χ3v) is 1.10. The van der Waals surface area contributed by atoms with Crippen LogP contribution < -0.4 is 0 Å². The standard InChI is InChI=1S/C6H7NO4/c1-3-7-4(2-5(8)9)6(10)11-3/h10H,2H2,1H3,(H,8,9). The van der Waals surface area contributed by atoms with Crippen molar-refractivity contribution in [3.8, 4) is 5.95 Å². The van der Waals surface area contributed by atoms with Crippen molar-refractivity contribution in [2.24, 2.45) is 0 Å². The summed E-state index contributed by atoms with van der Waals surface area (Å²) < 4.78 is 4.60. The summed E-state index contributed by atoms with van der Waals surface area (Å²) in [4.78, 5) is 13.8. The van der Waals surface area contributed by atoms with Gasteiger partial charge in [-0.1, -0.05) is 0 Å². The number of carboxylic acid groups (broad SMARTS) is 1. The lowest BCUT2D eigenvalue weighted by Crippen LogP contribution is -2.00. The minimum absolute atomic E-state index is 0.0648. The second-order valence-electron chi connectivity index (χ2n) is 2.06. The molecular weight excluding hydrogens is 150 g/mol. The molecule has 0 spiro atoms. The number of hydrogen-bond acceptors (Lipinski definition) is 4. The molecule has 0 fully saturated rings. The SMILES string of the molecule is Cc1nc(CC(=O)O)c(O)o1. The molecule has 0 amide bonds. The number of aromatic nitrogens is 1. The highest BCUT2D eigenvalue weighted by molar-refractivity contribution is 5.70. The third-order valence-electron chi connectivity index (χ3n) is 1.10. The normalized spacial score (nSPS) is 9.91. The van der Waals surface area contributed by atoms with Crippen molar-refractivity contribution in [2.75, 3.05) is 0 Å². The van der Waals surface area contributed by atoms with Crippen LogP contribution in [0.2, 0.25) is 0 Å². The van der Waals surface area contributed by atoms with Crippen molar-refractivity contribution in [2.45, 2.75) is 13.3 Å². The highest BCUT2D eigenvalue weighted by atomic mass is 16.5. The number of aryl methyl sites for hydroxylation is 1. The molecule has 1 rings (SSSR count). The van der Waals surface area contributed by atoms with Gasteiger partial charge >= 0.3 is 11.9 Å². The van der Waals surface area contributed by atoms with Gasteiger partial charge in [-0.2, -0.15) is 0 Å². The second-order valence-corrected chi connectivity index (χ2v) is 2.06. The molecule has 0 aromatic carbocycles. The number of aliphatic carboxylic acids is 1. The number of oxazole rings is 1. The van der Waals surface area contributed by atoms with E-state index in [0.29, 0.717) is 0 Å². The lowest BCUT2D eigenvalue weighted by molar-refractivity contribution is -0.136. The van der Waals surface area contributed by atoms with Crippen LogP contribution in [0, 0.1) is 6.92 Å². The number of hydrogen-bond donors (Lipinski definition) is 2. The van der Waals surface area contributed by atoms with E-state index in [1.54, 1.807) is 0 Å². The maximum Gasteiger partial charge on any atom is 0.309 e. The average Bonchev–Trinajstić information content (AvgIpc) is 2.09. The van der Waals surface area contributed by atoms with Crippen molar-refractivity contribution >= 4 is 5.97 Å². The van der Waals surface area contributed by atoms with Crippen LogP contribution in [0.1, 0.15) is 11.6 Å². The van der Waals surface area contributed by atoms with E-state index in [0.717, 1.165) is 0 Å². The maximum atomic E-state index is 10.1. The molecule has 11 heavy (non-hydrogen) atoms. The van der Waals surface area contributed by atoms with E-state index in [9.17, 15) is 4.79 Å². The van der Waals surface area contributed by atoms with Crippen molar-refractivity contribution in [3.63, 3.8) is 0 Å². The van der Waals surface area contributed by atoms with Gasteiger partial charge in [0.25, 0.3) is 0 Å². The molecule has 0 radical (unpaired) electrons. The molecule has 60 valence electrons. The van der Waals surface area contributed by atoms with Gasteiger partial charge < -0.3 is 14.6 Å². The van der Waals surface area contributed by atoms with E-state index in [4.69, 9.17) is 10.2 Å². The molecular formula is C6H7NO4. The Bertz CT molecular complexity index is 278. The Morgan fingerprint density at radius 3 is 2.73 bits per heavy atom. The largest absolute Gasteiger partial charge is 0.481 e. The van der Waals surface area contributed by atoms with Crippen molar-refractivity contribution in [1.29, 1.82) is 0 Å². The molecule has 0 unspecified atom stereocenters. The molecule has 1 aromatic heterocycles. The Morgan fingerprint density at radius 2 is 2.36 bits per heavy atom. The zero-order chi connectivity index (χ0) is 8.43. The quantitative estimate of drug-likeness (QED) is 0.645. The Balaban J connectivity index is 2.85. The summed E-state index contributed by atoms with van der Waals surface area (Å²) in [5, 5.41) is 17.2. The fourth-order valence-corrected chi connectivity index (χ4v) is 0.718. The molecule has 0 atom stereocenters. The molecule has 0 aliphatic carbocycles. The summed E-state index contributed by atoms with van der Waals surface area (Å²) in [5.41, 5.74) is 0.0648. The highest BCUT2D eigenvalue weighted by Gasteiger charge is 2.12. The Labute approximate surface area is 62.3 Å². The summed E-state index contributed by atoms with van der Waals surface area (Å²) in [6, 6.07) is 0. The van der Waals surface area contributed by atoms with Crippen LogP contribution in [0.4, 0.5) is 0 Å². The van der Waals surface area contributed by atoms with Gasteiger partial charge in [-0.05, 0) is 0 Å². The zero-order valence-electron chi connectivity index (χ0n) is 5.87. The predicted octanol–water partition coefficient (Wildman–Crippen LogP) is 0.316. The molecule has 0 aliphatic rings. The zero-order valence-corrected chi connectivity index (χ0v) is 5.87. The lowest BCUT2D eigenvalue weighted by atomic mass is 10.3. The van der Waals surface area contributed by atoms with Crippen LogP contribution in [0.3, 0.4) is 0 Å². The first-order valence-corrected chi connectivity index (χ1v) is 2.96. The minimum Gasteiger partial charge on any atom is -0.481 e. The summed E-state index contributed by atoms with van der Waals surface area (Å²) in [7, 11) is 0. The fourth-order valence-electron chi connectivity index (χ4n) is 0.718. The molecule has 1 heterocycles. The first kappa shape index (κ1) is 7.59. The number of carbonyl (C=O) groups is 1. The highest BCUT2D eigenvalue weighted by Crippen LogP contribution is 2.17. The van der Waals surface area contributed by atoms with Crippen LogP contribution >= 0.6 is 0 Å². The van der Waals surface area contributed by atoms with Gasteiger partial charge in [-0.15, -0.1) is 0 Å². The average molecular weight is 157 g/mol. The van der Waals surface area contributed by atoms with Crippen LogP contribution in [0.25, 0.3) is 0 Å². The molecule has 5 heteroatoms. The summed E-state index contributed by atoms with van der Waals surface area (Å²) in [6.07, 6.45) is -0.316. The van der Waals surface area contributed by atoms with E-state index in [1.807, 2.05) is 0 Å².